The Labute approximate surface area is 204 Å². The molecule has 0 aliphatic rings. The molecule has 12 heteroatoms. The van der Waals surface area contributed by atoms with Crippen molar-refractivity contribution in [2.24, 2.45) is 0 Å². The highest BCUT2D eigenvalue weighted by atomic mass is 32.2. The lowest BCUT2D eigenvalue weighted by Crippen LogP contribution is -2.52. The van der Waals surface area contributed by atoms with E-state index in [2.05, 4.69) is 5.32 Å². The highest BCUT2D eigenvalue weighted by molar-refractivity contribution is 7.92. The molecule has 0 unspecified atom stereocenters. The fraction of sp³-hybridized carbons (Fsp3) is 0.391. The number of nitro benzene ring substituents is 1. The van der Waals surface area contributed by atoms with Crippen LogP contribution in [0.2, 0.25) is 0 Å². The maximum absolute atomic E-state index is 13.5. The summed E-state index contributed by atoms with van der Waals surface area (Å²) >= 11 is 0. The summed E-state index contributed by atoms with van der Waals surface area (Å²) in [6, 6.07) is 10.8. The first-order valence-corrected chi connectivity index (χ1v) is 12.6. The summed E-state index contributed by atoms with van der Waals surface area (Å²) in [7, 11) is -2.49. The van der Waals surface area contributed by atoms with Crippen LogP contribution < -0.4 is 14.4 Å². The average molecular weight is 507 g/mol. The third-order valence-electron chi connectivity index (χ3n) is 5.09. The zero-order chi connectivity index (χ0) is 26.3. The maximum atomic E-state index is 13.5. The van der Waals surface area contributed by atoms with Gasteiger partial charge in [-0.1, -0.05) is 18.2 Å². The monoisotopic (exact) mass is 506 g/mol. The van der Waals surface area contributed by atoms with E-state index in [-0.39, 0.29) is 24.0 Å². The van der Waals surface area contributed by atoms with Gasteiger partial charge in [0.2, 0.25) is 21.8 Å². The van der Waals surface area contributed by atoms with Crippen LogP contribution >= 0.6 is 0 Å². The van der Waals surface area contributed by atoms with Crippen LogP contribution in [0.4, 0.5) is 11.4 Å². The molecule has 2 aromatic rings. The summed E-state index contributed by atoms with van der Waals surface area (Å²) in [5.41, 5.74) is 0.320. The predicted octanol–water partition coefficient (Wildman–Crippen LogP) is 2.31. The molecule has 2 rings (SSSR count). The molecule has 35 heavy (non-hydrogen) atoms. The Hall–Kier alpha value is -3.67. The molecule has 1 N–H and O–H groups in total. The van der Waals surface area contributed by atoms with Gasteiger partial charge in [-0.25, -0.2) is 8.42 Å². The molecule has 0 aliphatic carbocycles. The lowest BCUT2D eigenvalue weighted by atomic mass is 10.1. The number of carbonyl (C=O) groups excluding carboxylic acids is 2. The lowest BCUT2D eigenvalue weighted by molar-refractivity contribution is -0.384. The summed E-state index contributed by atoms with van der Waals surface area (Å²) in [6.45, 7) is 4.48. The number of ether oxygens (including phenoxy) is 1. The molecule has 0 radical (unpaired) electrons. The topological polar surface area (TPSA) is 139 Å². The van der Waals surface area contributed by atoms with Crippen molar-refractivity contribution in [3.05, 3.63) is 64.2 Å². The van der Waals surface area contributed by atoms with E-state index in [0.29, 0.717) is 11.3 Å². The van der Waals surface area contributed by atoms with Crippen molar-refractivity contribution in [2.45, 2.75) is 39.4 Å². The molecule has 0 bridgehead atoms. The average Bonchev–Trinajstić information content (AvgIpc) is 2.79. The van der Waals surface area contributed by atoms with Crippen molar-refractivity contribution >= 4 is 33.2 Å². The van der Waals surface area contributed by atoms with Crippen LogP contribution in [0.25, 0.3) is 0 Å². The van der Waals surface area contributed by atoms with E-state index in [9.17, 15) is 28.1 Å². The maximum Gasteiger partial charge on any atom is 0.271 e. The van der Waals surface area contributed by atoms with E-state index < -0.39 is 39.3 Å². The number of methoxy groups -OCH3 is 1. The molecule has 1 atom stereocenters. The van der Waals surface area contributed by atoms with Gasteiger partial charge in [-0.15, -0.1) is 0 Å². The van der Waals surface area contributed by atoms with Crippen LogP contribution in [0.3, 0.4) is 0 Å². The van der Waals surface area contributed by atoms with Gasteiger partial charge in [0.1, 0.15) is 18.3 Å². The zero-order valence-corrected chi connectivity index (χ0v) is 21.1. The van der Waals surface area contributed by atoms with Crippen molar-refractivity contribution in [3.63, 3.8) is 0 Å². The SMILES string of the molecule is COc1cccc(CN(C(=O)CN(c2cccc([N+](=O)[O-])c2)S(C)(=O)=O)[C@H](C)C(=O)NC(C)C)c1. The number of sulfonamides is 1. The normalized spacial score (nSPS) is 12.1. The molecule has 0 spiro atoms. The summed E-state index contributed by atoms with van der Waals surface area (Å²) in [4.78, 5) is 38.0. The number of rotatable bonds is 11. The van der Waals surface area contributed by atoms with E-state index in [0.717, 1.165) is 16.6 Å². The number of carbonyl (C=O) groups is 2. The minimum atomic E-state index is -3.99. The summed E-state index contributed by atoms with van der Waals surface area (Å²) in [5, 5.41) is 13.9. The molecule has 190 valence electrons. The number of amides is 2. The molecule has 2 aromatic carbocycles. The first-order valence-electron chi connectivity index (χ1n) is 10.8. The fourth-order valence-corrected chi connectivity index (χ4v) is 4.17. The molecule has 2 amide bonds. The molecule has 0 fully saturated rings. The van der Waals surface area contributed by atoms with Crippen LogP contribution in [0, 0.1) is 10.1 Å². The Bertz CT molecular complexity index is 1180. The Morgan fingerprint density at radius 1 is 1.11 bits per heavy atom. The van der Waals surface area contributed by atoms with Gasteiger partial charge in [-0.2, -0.15) is 0 Å². The number of non-ortho nitro benzene ring substituents is 1. The van der Waals surface area contributed by atoms with E-state index in [1.807, 2.05) is 0 Å². The molecule has 11 nitrogen and oxygen atoms in total. The second-order valence-corrected chi connectivity index (χ2v) is 10.2. The highest BCUT2D eigenvalue weighted by Gasteiger charge is 2.30. The van der Waals surface area contributed by atoms with Gasteiger partial charge in [-0.05, 0) is 44.5 Å². The van der Waals surface area contributed by atoms with Gasteiger partial charge in [0.25, 0.3) is 5.69 Å². The van der Waals surface area contributed by atoms with Gasteiger partial charge in [0.05, 0.1) is 24.0 Å². The Kier molecular flexibility index (Phi) is 9.18. The third kappa shape index (κ3) is 7.67. The van der Waals surface area contributed by atoms with Crippen LogP contribution in [0.15, 0.2) is 48.5 Å². The molecule has 0 aliphatic heterocycles. The van der Waals surface area contributed by atoms with Gasteiger partial charge >= 0.3 is 0 Å². The standard InChI is InChI=1S/C23H30N4O7S/c1-16(2)24-23(29)17(3)25(14-18-8-6-11-21(12-18)34-4)22(28)15-26(35(5,32)33)19-9-7-10-20(13-19)27(30)31/h6-13,16-17H,14-15H2,1-5H3,(H,24,29)/t17-/m1/s1. The number of benzene rings is 2. The minimum Gasteiger partial charge on any atom is -0.497 e. The van der Waals surface area contributed by atoms with Crippen molar-refractivity contribution in [3.8, 4) is 5.75 Å². The highest BCUT2D eigenvalue weighted by Crippen LogP contribution is 2.24. The van der Waals surface area contributed by atoms with E-state index >= 15 is 0 Å². The molecule has 0 saturated carbocycles. The predicted molar refractivity (Wildman–Crippen MR) is 132 cm³/mol. The Balaban J connectivity index is 2.44. The summed E-state index contributed by atoms with van der Waals surface area (Å²) in [5.74, 6) is -0.503. The molecular formula is C23H30N4O7S. The molecule has 0 heterocycles. The first kappa shape index (κ1) is 27.6. The van der Waals surface area contributed by atoms with Crippen molar-refractivity contribution < 1.29 is 27.7 Å². The Morgan fingerprint density at radius 2 is 1.77 bits per heavy atom. The van der Waals surface area contributed by atoms with Crippen LogP contribution in [0.5, 0.6) is 5.75 Å². The number of anilines is 1. The zero-order valence-electron chi connectivity index (χ0n) is 20.3. The van der Waals surface area contributed by atoms with E-state index in [1.54, 1.807) is 45.0 Å². The van der Waals surface area contributed by atoms with Gasteiger partial charge in [-0.3, -0.25) is 24.0 Å². The summed E-state index contributed by atoms with van der Waals surface area (Å²) < 4.78 is 31.1. The van der Waals surface area contributed by atoms with Crippen LogP contribution in [0.1, 0.15) is 26.3 Å². The second-order valence-electron chi connectivity index (χ2n) is 8.26. The van der Waals surface area contributed by atoms with Gasteiger partial charge < -0.3 is 15.0 Å². The minimum absolute atomic E-state index is 0.00918. The second kappa shape index (κ2) is 11.6. The lowest BCUT2D eigenvalue weighted by Gasteiger charge is -2.31. The van der Waals surface area contributed by atoms with Crippen LogP contribution in [-0.2, 0) is 26.2 Å². The first-order chi connectivity index (χ1) is 16.3. The van der Waals surface area contributed by atoms with Crippen molar-refractivity contribution in [2.75, 3.05) is 24.2 Å². The number of hydrogen-bond donors (Lipinski definition) is 1. The quantitative estimate of drug-likeness (QED) is 0.364. The van der Waals surface area contributed by atoms with Crippen molar-refractivity contribution in [1.82, 2.24) is 10.2 Å². The third-order valence-corrected chi connectivity index (χ3v) is 6.23. The van der Waals surface area contributed by atoms with Gasteiger partial charge in [0, 0.05) is 24.7 Å². The fourth-order valence-electron chi connectivity index (χ4n) is 3.33. The summed E-state index contributed by atoms with van der Waals surface area (Å²) in [6.07, 6.45) is 0.903. The molecule has 0 aromatic heterocycles. The number of nitro groups is 1. The Morgan fingerprint density at radius 3 is 2.34 bits per heavy atom. The number of hydrogen-bond acceptors (Lipinski definition) is 7. The molecular weight excluding hydrogens is 476 g/mol. The van der Waals surface area contributed by atoms with E-state index in [1.165, 1.54) is 30.2 Å². The smallest absolute Gasteiger partial charge is 0.271 e. The largest absolute Gasteiger partial charge is 0.497 e. The van der Waals surface area contributed by atoms with E-state index in [4.69, 9.17) is 4.74 Å². The number of nitrogens with zero attached hydrogens (tertiary/aromatic N) is 3. The number of nitrogens with one attached hydrogen (secondary N) is 1. The van der Waals surface area contributed by atoms with Crippen molar-refractivity contribution in [1.29, 1.82) is 0 Å². The molecule has 0 saturated heterocycles. The van der Waals surface area contributed by atoms with Crippen LogP contribution in [-0.4, -0.2) is 62.0 Å². The van der Waals surface area contributed by atoms with Gasteiger partial charge in [0.15, 0.2) is 0 Å².